The second kappa shape index (κ2) is 5.05. The minimum atomic E-state index is -1.07. The Morgan fingerprint density at radius 1 is 1.40 bits per heavy atom. The van der Waals surface area contributed by atoms with E-state index in [1.165, 1.54) is 4.90 Å². The Hall–Kier alpha value is -2.21. The van der Waals surface area contributed by atoms with E-state index in [-0.39, 0.29) is 12.5 Å². The summed E-state index contributed by atoms with van der Waals surface area (Å²) in [5.41, 5.74) is 5.73. The molecule has 6 nitrogen and oxygen atoms in total. The molecule has 0 spiro atoms. The molecule has 106 valence electrons. The monoisotopic (exact) mass is 275 g/mol. The van der Waals surface area contributed by atoms with Gasteiger partial charge in [-0.2, -0.15) is 0 Å². The fourth-order valence-electron chi connectivity index (χ4n) is 2.10. The molecule has 3 N–H and O–H groups in total. The third kappa shape index (κ3) is 2.42. The van der Waals surface area contributed by atoms with Gasteiger partial charge in [0, 0.05) is 12.1 Å². The molecule has 1 heterocycles. The number of hydrogen-bond donors (Lipinski definition) is 2. The zero-order valence-electron chi connectivity index (χ0n) is 11.5. The molecule has 1 aliphatic rings. The van der Waals surface area contributed by atoms with Gasteiger partial charge in [0.25, 0.3) is 11.8 Å². The molecule has 1 aromatic carbocycles. The highest BCUT2D eigenvalue weighted by Crippen LogP contribution is 2.21. The molecule has 1 aromatic rings. The molecular weight excluding hydrogens is 258 g/mol. The minimum absolute atomic E-state index is 0.134. The molecule has 1 fully saturated rings. The summed E-state index contributed by atoms with van der Waals surface area (Å²) in [5, 5.41) is 2.24. The second-order valence-electron chi connectivity index (χ2n) is 5.23. The average molecular weight is 275 g/mol. The largest absolute Gasteiger partial charge is 0.326 e. The van der Waals surface area contributed by atoms with Crippen molar-refractivity contribution in [2.24, 2.45) is 5.73 Å². The van der Waals surface area contributed by atoms with Crippen LogP contribution in [0.4, 0.5) is 0 Å². The Labute approximate surface area is 116 Å². The first-order chi connectivity index (χ1) is 9.36. The third-order valence-electron chi connectivity index (χ3n) is 3.44. The van der Waals surface area contributed by atoms with Crippen molar-refractivity contribution in [1.29, 1.82) is 0 Å². The number of nitrogens with one attached hydrogen (secondary N) is 1. The molecule has 1 aliphatic heterocycles. The number of carbonyl (C=O) groups excluding carboxylic acids is 3. The summed E-state index contributed by atoms with van der Waals surface area (Å²) in [7, 11) is 0. The lowest BCUT2D eigenvalue weighted by molar-refractivity contribution is -0.143. The van der Waals surface area contributed by atoms with Crippen LogP contribution in [0, 0.1) is 0 Å². The van der Waals surface area contributed by atoms with E-state index < -0.39 is 17.4 Å². The maximum atomic E-state index is 12.5. The van der Waals surface area contributed by atoms with Gasteiger partial charge in [-0.1, -0.05) is 12.1 Å². The van der Waals surface area contributed by atoms with Gasteiger partial charge < -0.3 is 10.6 Å². The maximum Gasteiger partial charge on any atom is 0.255 e. The highest BCUT2D eigenvalue weighted by molar-refractivity contribution is 6.08. The lowest BCUT2D eigenvalue weighted by atomic mass is 9.97. The molecule has 3 amide bonds. The van der Waals surface area contributed by atoms with Crippen LogP contribution < -0.4 is 11.1 Å². The predicted octanol–water partition coefficient (Wildman–Crippen LogP) is 0.0225. The van der Waals surface area contributed by atoms with E-state index in [0.717, 1.165) is 5.56 Å². The number of nitrogens with two attached hydrogens (primary N) is 1. The van der Waals surface area contributed by atoms with Crippen LogP contribution in [0.1, 0.15) is 29.8 Å². The van der Waals surface area contributed by atoms with Crippen molar-refractivity contribution in [1.82, 2.24) is 10.2 Å². The van der Waals surface area contributed by atoms with Crippen molar-refractivity contribution < 1.29 is 14.4 Å². The first kappa shape index (κ1) is 14.2. The number of piperazine rings is 1. The van der Waals surface area contributed by atoms with E-state index in [2.05, 4.69) is 5.32 Å². The smallest absolute Gasteiger partial charge is 0.255 e. The van der Waals surface area contributed by atoms with Gasteiger partial charge in [-0.15, -0.1) is 0 Å². The van der Waals surface area contributed by atoms with Crippen LogP contribution >= 0.6 is 0 Å². The van der Waals surface area contributed by atoms with Gasteiger partial charge in [-0.25, -0.2) is 0 Å². The Morgan fingerprint density at radius 3 is 2.75 bits per heavy atom. The van der Waals surface area contributed by atoms with Gasteiger partial charge in [-0.3, -0.25) is 19.7 Å². The fraction of sp³-hybridized carbons (Fsp3) is 0.357. The summed E-state index contributed by atoms with van der Waals surface area (Å²) in [4.78, 5) is 37.1. The molecule has 2 rings (SSSR count). The molecule has 0 aliphatic carbocycles. The van der Waals surface area contributed by atoms with Gasteiger partial charge in [0.05, 0.1) is 0 Å². The topological polar surface area (TPSA) is 92.5 Å². The van der Waals surface area contributed by atoms with E-state index in [9.17, 15) is 14.4 Å². The number of carbonyl (C=O) groups is 3. The van der Waals surface area contributed by atoms with E-state index >= 15 is 0 Å². The second-order valence-corrected chi connectivity index (χ2v) is 5.23. The van der Waals surface area contributed by atoms with Crippen molar-refractivity contribution in [2.75, 3.05) is 6.54 Å². The number of imide groups is 1. The van der Waals surface area contributed by atoms with Crippen molar-refractivity contribution >= 4 is 17.7 Å². The Balaban J connectivity index is 2.35. The normalized spacial score (nSPS) is 17.9. The van der Waals surface area contributed by atoms with E-state index in [1.54, 1.807) is 32.0 Å². The van der Waals surface area contributed by atoms with Crippen molar-refractivity contribution in [3.05, 3.63) is 35.4 Å². The van der Waals surface area contributed by atoms with Gasteiger partial charge in [0.2, 0.25) is 5.91 Å². The molecule has 0 atom stereocenters. The van der Waals surface area contributed by atoms with Crippen molar-refractivity contribution in [2.45, 2.75) is 25.9 Å². The van der Waals surface area contributed by atoms with Crippen LogP contribution in [-0.4, -0.2) is 34.7 Å². The van der Waals surface area contributed by atoms with Gasteiger partial charge >= 0.3 is 0 Å². The highest BCUT2D eigenvalue weighted by atomic mass is 16.2. The highest BCUT2D eigenvalue weighted by Gasteiger charge is 2.43. The predicted molar refractivity (Wildman–Crippen MR) is 72.6 cm³/mol. The molecule has 0 saturated carbocycles. The SMILES string of the molecule is CC1(C)C(=O)NC(=O)CN1C(=O)c1cccc(CN)c1. The Bertz CT molecular complexity index is 581. The maximum absolute atomic E-state index is 12.5. The summed E-state index contributed by atoms with van der Waals surface area (Å²) >= 11 is 0. The van der Waals surface area contributed by atoms with Crippen LogP contribution in [0.3, 0.4) is 0 Å². The molecule has 6 heteroatoms. The van der Waals surface area contributed by atoms with Crippen LogP contribution in [-0.2, 0) is 16.1 Å². The zero-order valence-corrected chi connectivity index (χ0v) is 11.5. The van der Waals surface area contributed by atoms with Gasteiger partial charge in [-0.05, 0) is 31.5 Å². The third-order valence-corrected chi connectivity index (χ3v) is 3.44. The summed E-state index contributed by atoms with van der Waals surface area (Å²) in [5.74, 6) is -1.30. The molecule has 20 heavy (non-hydrogen) atoms. The molecule has 0 radical (unpaired) electrons. The number of rotatable bonds is 2. The van der Waals surface area contributed by atoms with Gasteiger partial charge in [0.15, 0.2) is 0 Å². The van der Waals surface area contributed by atoms with Crippen LogP contribution in [0.25, 0.3) is 0 Å². The average Bonchev–Trinajstić information content (AvgIpc) is 2.42. The Kier molecular flexibility index (Phi) is 3.59. The fourth-order valence-corrected chi connectivity index (χ4v) is 2.10. The van der Waals surface area contributed by atoms with Crippen molar-refractivity contribution in [3.8, 4) is 0 Å². The van der Waals surface area contributed by atoms with Crippen LogP contribution in [0.5, 0.6) is 0 Å². The zero-order chi connectivity index (χ0) is 14.9. The first-order valence-corrected chi connectivity index (χ1v) is 6.31. The molecule has 0 aromatic heterocycles. The summed E-state index contributed by atoms with van der Waals surface area (Å²) in [6, 6.07) is 6.87. The number of nitrogens with zero attached hydrogens (tertiary/aromatic N) is 1. The quantitative estimate of drug-likeness (QED) is 0.744. The molecule has 0 bridgehead atoms. The lowest BCUT2D eigenvalue weighted by Gasteiger charge is -2.40. The molecular formula is C14H17N3O3. The van der Waals surface area contributed by atoms with Crippen LogP contribution in [0.2, 0.25) is 0 Å². The van der Waals surface area contributed by atoms with Crippen molar-refractivity contribution in [3.63, 3.8) is 0 Å². The number of benzene rings is 1. The first-order valence-electron chi connectivity index (χ1n) is 6.31. The lowest BCUT2D eigenvalue weighted by Crippen LogP contribution is -2.65. The standard InChI is InChI=1S/C14H17N3O3/c1-14(2)13(20)16-11(18)8-17(14)12(19)10-5-3-4-9(6-10)7-15/h3-6H,7-8,15H2,1-2H3,(H,16,18,20). The summed E-state index contributed by atoms with van der Waals surface area (Å²) in [6.45, 7) is 3.41. The van der Waals surface area contributed by atoms with Crippen LogP contribution in [0.15, 0.2) is 24.3 Å². The Morgan fingerprint density at radius 2 is 2.10 bits per heavy atom. The number of amides is 3. The molecule has 1 saturated heterocycles. The van der Waals surface area contributed by atoms with E-state index in [0.29, 0.717) is 12.1 Å². The number of hydrogen-bond acceptors (Lipinski definition) is 4. The van der Waals surface area contributed by atoms with Gasteiger partial charge in [0.1, 0.15) is 12.1 Å². The summed E-state index contributed by atoms with van der Waals surface area (Å²) in [6.07, 6.45) is 0. The minimum Gasteiger partial charge on any atom is -0.326 e. The van der Waals surface area contributed by atoms with E-state index in [4.69, 9.17) is 5.73 Å². The summed E-state index contributed by atoms with van der Waals surface area (Å²) < 4.78 is 0. The van der Waals surface area contributed by atoms with E-state index in [1.807, 2.05) is 6.07 Å². The molecule has 0 unspecified atom stereocenters.